The summed E-state index contributed by atoms with van der Waals surface area (Å²) in [6.07, 6.45) is 10.8. The van der Waals surface area contributed by atoms with Crippen LogP contribution in [0, 0.1) is 0 Å². The molecule has 4 rings (SSSR count). The molecule has 0 aromatic carbocycles. The third kappa shape index (κ3) is 14.1. The summed E-state index contributed by atoms with van der Waals surface area (Å²) in [5, 5.41) is 0. The molecular formula is C48H88N4O8S4Sn. The van der Waals surface area contributed by atoms with Gasteiger partial charge in [0.1, 0.15) is 0 Å². The Labute approximate surface area is 417 Å². The van der Waals surface area contributed by atoms with E-state index in [0.29, 0.717) is 77.5 Å². The molecule has 0 N–H and O–H groups in total. The second kappa shape index (κ2) is 28.7. The van der Waals surface area contributed by atoms with Crippen molar-refractivity contribution in [2.75, 3.05) is 98.4 Å². The molecule has 0 unspecified atom stereocenters. The Morgan fingerprint density at radius 1 is 0.400 bits per heavy atom. The standard InChI is InChI=1S/4C12H23NO2S.Sn/c4*1-3-12(11(14)15)7-5-8-13(12)9-6-10-16-4-2;/h4*3-10H2,1-2H3,(H,14,15);/q;;;;+4/p-4/t4*12-;/m0000./s1. The first-order chi connectivity index (χ1) is 31.4. The molecule has 17 heteroatoms. The molecule has 4 heterocycles. The van der Waals surface area contributed by atoms with Gasteiger partial charge in [0.25, 0.3) is 0 Å². The van der Waals surface area contributed by atoms with Gasteiger partial charge < -0.3 is 0 Å². The van der Waals surface area contributed by atoms with E-state index in [1.54, 1.807) is 0 Å². The maximum atomic E-state index is 15.4. The van der Waals surface area contributed by atoms with Gasteiger partial charge in [-0.3, -0.25) is 0 Å². The molecule has 4 fully saturated rings. The van der Waals surface area contributed by atoms with Crippen LogP contribution in [0.1, 0.15) is 158 Å². The topological polar surface area (TPSA) is 118 Å². The van der Waals surface area contributed by atoms with E-state index in [-0.39, 0.29) is 0 Å². The van der Waals surface area contributed by atoms with Gasteiger partial charge in [0.2, 0.25) is 0 Å². The predicted octanol–water partition coefficient (Wildman–Crippen LogP) is 9.15. The Hall–Kier alpha value is -0.0813. The predicted molar refractivity (Wildman–Crippen MR) is 276 cm³/mol. The summed E-state index contributed by atoms with van der Waals surface area (Å²) in [4.78, 5) is 70.6. The van der Waals surface area contributed by atoms with E-state index in [1.807, 2.05) is 74.7 Å². The number of rotatable bonds is 32. The van der Waals surface area contributed by atoms with Crippen molar-refractivity contribution in [1.82, 2.24) is 19.6 Å². The van der Waals surface area contributed by atoms with Gasteiger partial charge in [0.05, 0.1) is 0 Å². The number of carbonyl (C=O) groups excluding carboxylic acids is 4. The van der Waals surface area contributed by atoms with Crippen LogP contribution in [0.3, 0.4) is 0 Å². The number of hydrogen-bond acceptors (Lipinski definition) is 16. The first-order valence-electron chi connectivity index (χ1n) is 25.7. The summed E-state index contributed by atoms with van der Waals surface area (Å²) in [6.45, 7) is 22.3. The van der Waals surface area contributed by atoms with Crippen LogP contribution in [0.4, 0.5) is 0 Å². The Morgan fingerprint density at radius 3 is 0.800 bits per heavy atom. The molecule has 12 nitrogen and oxygen atoms in total. The summed E-state index contributed by atoms with van der Waals surface area (Å²) in [5.74, 6) is 5.58. The normalized spacial score (nSPS) is 26.8. The summed E-state index contributed by atoms with van der Waals surface area (Å²) >= 11 is 0.959. The number of thioether (sulfide) groups is 4. The zero-order valence-electron chi connectivity index (χ0n) is 41.8. The van der Waals surface area contributed by atoms with Crippen LogP contribution >= 0.6 is 47.0 Å². The van der Waals surface area contributed by atoms with Crippen LogP contribution in [-0.4, -0.2) is 184 Å². The van der Waals surface area contributed by atoms with E-state index < -0.39 is 66.1 Å². The van der Waals surface area contributed by atoms with Gasteiger partial charge in [0.15, 0.2) is 0 Å². The van der Waals surface area contributed by atoms with Crippen molar-refractivity contribution in [3.8, 4) is 0 Å². The van der Waals surface area contributed by atoms with Gasteiger partial charge in [-0.1, -0.05) is 0 Å². The molecule has 4 saturated heterocycles. The maximum absolute atomic E-state index is 15.4. The molecule has 0 aromatic rings. The molecule has 0 amide bonds. The van der Waals surface area contributed by atoms with Gasteiger partial charge >= 0.3 is 421 Å². The molecular weight excluding hydrogens is 1010 g/mol. The van der Waals surface area contributed by atoms with Crippen LogP contribution in [-0.2, 0) is 31.5 Å². The van der Waals surface area contributed by atoms with Crippen molar-refractivity contribution in [2.45, 2.75) is 180 Å². The van der Waals surface area contributed by atoms with Crippen LogP contribution in [0.5, 0.6) is 0 Å². The number of nitrogens with zero attached hydrogens (tertiary/aromatic N) is 4. The van der Waals surface area contributed by atoms with E-state index in [2.05, 4.69) is 47.3 Å². The molecule has 65 heavy (non-hydrogen) atoms. The Balaban J connectivity index is 1.87. The fourth-order valence-electron chi connectivity index (χ4n) is 11.1. The average Bonchev–Trinajstić information content (AvgIpc) is 4.12. The first-order valence-corrected chi connectivity index (χ1v) is 34.9. The first kappa shape index (κ1) is 57.5. The SMILES string of the molecule is CCSCCCN1CCC[C@@]1(CC)C(=O)[O][Sn]([O]C(=O)[C@]1(CC)CCCN1CCCSCC)([O]C(=O)[C@]1(CC)CCCN1CCCSCC)[O]C(=O)[C@]1(CC)CCCN1CCCSCC. The van der Waals surface area contributed by atoms with Crippen molar-refractivity contribution >= 4 is 91.0 Å². The summed E-state index contributed by atoms with van der Waals surface area (Å²) < 4.78 is 27.2. The molecule has 0 spiro atoms. The summed E-state index contributed by atoms with van der Waals surface area (Å²) in [5.41, 5.74) is -4.16. The van der Waals surface area contributed by atoms with Crippen molar-refractivity contribution in [3.05, 3.63) is 0 Å². The van der Waals surface area contributed by atoms with Gasteiger partial charge in [0, 0.05) is 0 Å². The van der Waals surface area contributed by atoms with Crippen molar-refractivity contribution in [2.24, 2.45) is 0 Å². The van der Waals surface area contributed by atoms with Crippen molar-refractivity contribution < 1.29 is 31.5 Å². The number of likely N-dealkylation sites (tertiary alicyclic amines) is 4. The minimum atomic E-state index is -6.56. The number of carbonyl (C=O) groups is 4. The average molecular weight is 1100 g/mol. The van der Waals surface area contributed by atoms with Gasteiger partial charge in [-0.2, -0.15) is 0 Å². The van der Waals surface area contributed by atoms with E-state index in [4.69, 9.17) is 12.3 Å². The van der Waals surface area contributed by atoms with Gasteiger partial charge in [-0.05, 0) is 0 Å². The van der Waals surface area contributed by atoms with E-state index in [1.165, 1.54) is 0 Å². The second-order valence-electron chi connectivity index (χ2n) is 18.2. The van der Waals surface area contributed by atoms with E-state index in [9.17, 15) is 0 Å². The van der Waals surface area contributed by atoms with E-state index >= 15 is 19.2 Å². The van der Waals surface area contributed by atoms with Crippen molar-refractivity contribution in [1.29, 1.82) is 0 Å². The summed E-state index contributed by atoms with van der Waals surface area (Å²) in [6, 6.07) is 0. The van der Waals surface area contributed by atoms with Gasteiger partial charge in [-0.15, -0.1) is 0 Å². The number of hydrogen-bond donors (Lipinski definition) is 0. The molecule has 4 atom stereocenters. The zero-order valence-corrected chi connectivity index (χ0v) is 47.9. The fourth-order valence-corrected chi connectivity index (χ4v) is 19.1. The Kier molecular flexibility index (Phi) is 25.4. The van der Waals surface area contributed by atoms with E-state index in [0.717, 1.165) is 124 Å². The molecule has 4 aliphatic heterocycles. The van der Waals surface area contributed by atoms with Gasteiger partial charge in [-0.25, -0.2) is 0 Å². The van der Waals surface area contributed by atoms with Crippen LogP contribution in [0.15, 0.2) is 0 Å². The molecule has 376 valence electrons. The summed E-state index contributed by atoms with van der Waals surface area (Å²) in [7, 11) is 0. The third-order valence-corrected chi connectivity index (χ3v) is 23.8. The molecule has 0 saturated carbocycles. The Bertz CT molecular complexity index is 1280. The Morgan fingerprint density at radius 2 is 0.615 bits per heavy atom. The zero-order chi connectivity index (χ0) is 47.4. The molecule has 0 aromatic heterocycles. The molecule has 0 aliphatic carbocycles. The molecule has 0 radical (unpaired) electrons. The molecule has 4 aliphatic rings. The van der Waals surface area contributed by atoms with Crippen LogP contribution < -0.4 is 0 Å². The van der Waals surface area contributed by atoms with Crippen molar-refractivity contribution in [3.63, 3.8) is 0 Å². The molecule has 0 bridgehead atoms. The van der Waals surface area contributed by atoms with Crippen LogP contribution in [0.25, 0.3) is 0 Å². The van der Waals surface area contributed by atoms with Crippen LogP contribution in [0.2, 0.25) is 0 Å². The monoisotopic (exact) mass is 1100 g/mol. The quantitative estimate of drug-likeness (QED) is 0.0470. The fraction of sp³-hybridized carbons (Fsp3) is 0.917. The minimum absolute atomic E-state index is 0.456. The third-order valence-electron chi connectivity index (χ3n) is 14.9. The second-order valence-corrected chi connectivity index (χ2v) is 28.9.